The molecule has 8 heteroatoms. The highest BCUT2D eigenvalue weighted by Crippen LogP contribution is 2.25. The van der Waals surface area contributed by atoms with Gasteiger partial charge >= 0.3 is 0 Å². The van der Waals surface area contributed by atoms with Crippen LogP contribution in [0.25, 0.3) is 0 Å². The summed E-state index contributed by atoms with van der Waals surface area (Å²) in [6.07, 6.45) is 0.323. The number of sulfonamides is 1. The van der Waals surface area contributed by atoms with Crippen molar-refractivity contribution in [3.05, 3.63) is 29.3 Å². The number of carbonyl (C=O) groups is 1. The maximum Gasteiger partial charge on any atom is 0.244 e. The fraction of sp³-hybridized carbons (Fsp3) is 0.588. The number of carbonyl (C=O) groups excluding carboxylic acids is 1. The Morgan fingerprint density at radius 3 is 2.44 bits per heavy atom. The van der Waals surface area contributed by atoms with Crippen LogP contribution in [0.5, 0.6) is 0 Å². The van der Waals surface area contributed by atoms with E-state index in [4.69, 9.17) is 16.3 Å². The standard InChI is InChI=1S/C17H25ClN2O4S/c1-14(2)13-24-12-7-17(21)19-8-10-20(11-9-19)25(22,23)16-6-4-3-5-15(16)18/h3-6,14H,7-13H2,1-2H3. The first-order chi connectivity index (χ1) is 11.8. The second-order valence-corrected chi connectivity index (χ2v) is 8.75. The number of piperazine rings is 1. The lowest BCUT2D eigenvalue weighted by molar-refractivity contribution is -0.133. The molecule has 0 aromatic heterocycles. The molecule has 1 heterocycles. The quantitative estimate of drug-likeness (QED) is 0.672. The van der Waals surface area contributed by atoms with Gasteiger partial charge in [0.1, 0.15) is 4.90 Å². The number of ether oxygens (including phenoxy) is 1. The zero-order chi connectivity index (χ0) is 18.4. The molecular weight excluding hydrogens is 364 g/mol. The van der Waals surface area contributed by atoms with Crippen molar-refractivity contribution in [2.45, 2.75) is 25.2 Å². The average molecular weight is 389 g/mol. The molecule has 0 bridgehead atoms. The van der Waals surface area contributed by atoms with Gasteiger partial charge in [0.25, 0.3) is 0 Å². The van der Waals surface area contributed by atoms with Crippen molar-refractivity contribution in [1.29, 1.82) is 0 Å². The Morgan fingerprint density at radius 1 is 1.20 bits per heavy atom. The Labute approximate surface area is 154 Å². The van der Waals surface area contributed by atoms with Gasteiger partial charge in [-0.25, -0.2) is 8.42 Å². The van der Waals surface area contributed by atoms with Crippen LogP contribution in [0.2, 0.25) is 5.02 Å². The number of hydrogen-bond donors (Lipinski definition) is 0. The maximum absolute atomic E-state index is 12.7. The molecule has 140 valence electrons. The minimum atomic E-state index is -3.63. The number of halogens is 1. The molecule has 1 aliphatic rings. The highest BCUT2D eigenvalue weighted by molar-refractivity contribution is 7.89. The highest BCUT2D eigenvalue weighted by atomic mass is 35.5. The molecule has 0 aliphatic carbocycles. The number of benzene rings is 1. The predicted octanol–water partition coefficient (Wildman–Crippen LogP) is 2.24. The Bertz CT molecular complexity index is 686. The molecule has 0 spiro atoms. The van der Waals surface area contributed by atoms with Gasteiger partial charge in [0.05, 0.1) is 18.1 Å². The summed E-state index contributed by atoms with van der Waals surface area (Å²) >= 11 is 6.02. The van der Waals surface area contributed by atoms with Crippen LogP contribution < -0.4 is 0 Å². The molecule has 0 atom stereocenters. The summed E-state index contributed by atoms with van der Waals surface area (Å²) < 4.78 is 32.2. The summed E-state index contributed by atoms with van der Waals surface area (Å²) in [7, 11) is -3.63. The van der Waals surface area contributed by atoms with Crippen molar-refractivity contribution in [2.24, 2.45) is 5.92 Å². The van der Waals surface area contributed by atoms with Gasteiger partial charge in [-0.1, -0.05) is 37.6 Å². The lowest BCUT2D eigenvalue weighted by atomic mass is 10.2. The van der Waals surface area contributed by atoms with E-state index in [9.17, 15) is 13.2 Å². The van der Waals surface area contributed by atoms with E-state index in [1.807, 2.05) is 0 Å². The third-order valence-corrected chi connectivity index (χ3v) is 6.36. The fourth-order valence-corrected chi connectivity index (χ4v) is 4.52. The van der Waals surface area contributed by atoms with Crippen LogP contribution in [0.3, 0.4) is 0 Å². The molecule has 2 rings (SSSR count). The molecule has 1 fully saturated rings. The zero-order valence-electron chi connectivity index (χ0n) is 14.7. The zero-order valence-corrected chi connectivity index (χ0v) is 16.2. The molecule has 1 amide bonds. The van der Waals surface area contributed by atoms with E-state index >= 15 is 0 Å². The van der Waals surface area contributed by atoms with E-state index in [1.165, 1.54) is 10.4 Å². The van der Waals surface area contributed by atoms with Gasteiger partial charge in [-0.3, -0.25) is 4.79 Å². The third-order valence-electron chi connectivity index (χ3n) is 3.96. The van der Waals surface area contributed by atoms with Crippen LogP contribution in [0.1, 0.15) is 20.3 Å². The molecule has 0 saturated carbocycles. The summed E-state index contributed by atoms with van der Waals surface area (Å²) in [5.74, 6) is 0.437. The second kappa shape index (κ2) is 8.98. The molecular formula is C17H25ClN2O4S. The van der Waals surface area contributed by atoms with Crippen molar-refractivity contribution in [2.75, 3.05) is 39.4 Å². The van der Waals surface area contributed by atoms with E-state index in [0.29, 0.717) is 38.6 Å². The summed E-state index contributed by atoms with van der Waals surface area (Å²) in [6.45, 7) is 6.45. The van der Waals surface area contributed by atoms with E-state index in [2.05, 4.69) is 13.8 Å². The minimum absolute atomic E-state index is 0.00134. The smallest absolute Gasteiger partial charge is 0.244 e. The lowest BCUT2D eigenvalue weighted by Gasteiger charge is -2.34. The molecule has 0 N–H and O–H groups in total. The Balaban J connectivity index is 1.87. The van der Waals surface area contributed by atoms with Crippen molar-refractivity contribution in [3.63, 3.8) is 0 Å². The van der Waals surface area contributed by atoms with Crippen LogP contribution in [-0.4, -0.2) is 62.9 Å². The molecule has 1 aromatic carbocycles. The van der Waals surface area contributed by atoms with Crippen LogP contribution in [-0.2, 0) is 19.6 Å². The van der Waals surface area contributed by atoms with Crippen molar-refractivity contribution < 1.29 is 17.9 Å². The van der Waals surface area contributed by atoms with Gasteiger partial charge < -0.3 is 9.64 Å². The van der Waals surface area contributed by atoms with Gasteiger partial charge in [-0.2, -0.15) is 4.31 Å². The van der Waals surface area contributed by atoms with Gasteiger partial charge in [-0.05, 0) is 18.1 Å². The van der Waals surface area contributed by atoms with Crippen molar-refractivity contribution in [3.8, 4) is 0 Å². The monoisotopic (exact) mass is 388 g/mol. The van der Waals surface area contributed by atoms with Crippen molar-refractivity contribution >= 4 is 27.5 Å². The third kappa shape index (κ3) is 5.41. The number of hydrogen-bond acceptors (Lipinski definition) is 4. The molecule has 25 heavy (non-hydrogen) atoms. The number of amides is 1. The summed E-state index contributed by atoms with van der Waals surface area (Å²) in [5.41, 5.74) is 0. The largest absolute Gasteiger partial charge is 0.381 e. The number of rotatable bonds is 7. The molecule has 0 unspecified atom stereocenters. The Hall–Kier alpha value is -1.15. The van der Waals surface area contributed by atoms with E-state index < -0.39 is 10.0 Å². The first kappa shape index (κ1) is 20.2. The first-order valence-corrected chi connectivity index (χ1v) is 10.2. The Morgan fingerprint density at radius 2 is 1.84 bits per heavy atom. The average Bonchev–Trinajstić information content (AvgIpc) is 2.58. The topological polar surface area (TPSA) is 66.9 Å². The van der Waals surface area contributed by atoms with E-state index in [-0.39, 0.29) is 28.9 Å². The van der Waals surface area contributed by atoms with Gasteiger partial charge in [0.2, 0.25) is 15.9 Å². The minimum Gasteiger partial charge on any atom is -0.381 e. The fourth-order valence-electron chi connectivity index (χ4n) is 2.61. The predicted molar refractivity (Wildman–Crippen MR) is 97.1 cm³/mol. The summed E-state index contributed by atoms with van der Waals surface area (Å²) in [5, 5.41) is 0.211. The number of nitrogens with zero attached hydrogens (tertiary/aromatic N) is 2. The highest BCUT2D eigenvalue weighted by Gasteiger charge is 2.31. The SMILES string of the molecule is CC(C)COCCC(=O)N1CCN(S(=O)(=O)c2ccccc2Cl)CC1. The van der Waals surface area contributed by atoms with E-state index in [0.717, 1.165) is 0 Å². The maximum atomic E-state index is 12.7. The van der Waals surface area contributed by atoms with E-state index in [1.54, 1.807) is 23.1 Å². The van der Waals surface area contributed by atoms with Gasteiger partial charge in [0.15, 0.2) is 0 Å². The second-order valence-electron chi connectivity index (χ2n) is 6.43. The molecule has 6 nitrogen and oxygen atoms in total. The van der Waals surface area contributed by atoms with Crippen molar-refractivity contribution in [1.82, 2.24) is 9.21 Å². The van der Waals surface area contributed by atoms with Crippen LogP contribution in [0, 0.1) is 5.92 Å². The summed E-state index contributed by atoms with van der Waals surface area (Å²) in [6, 6.07) is 6.40. The van der Waals surface area contributed by atoms with Crippen LogP contribution in [0.4, 0.5) is 0 Å². The lowest BCUT2D eigenvalue weighted by Crippen LogP contribution is -2.50. The van der Waals surface area contributed by atoms with Gasteiger partial charge in [0, 0.05) is 32.8 Å². The van der Waals surface area contributed by atoms with Crippen LogP contribution >= 0.6 is 11.6 Å². The first-order valence-electron chi connectivity index (χ1n) is 8.42. The normalized spacial score (nSPS) is 16.4. The molecule has 1 aromatic rings. The van der Waals surface area contributed by atoms with Crippen LogP contribution in [0.15, 0.2) is 29.2 Å². The molecule has 0 radical (unpaired) electrons. The summed E-state index contributed by atoms with van der Waals surface area (Å²) in [4.78, 5) is 14.0. The molecule has 1 saturated heterocycles. The molecule has 1 aliphatic heterocycles. The van der Waals surface area contributed by atoms with Gasteiger partial charge in [-0.15, -0.1) is 0 Å². The Kier molecular flexibility index (Phi) is 7.25.